The maximum atomic E-state index is 2.35. The zero-order chi connectivity index (χ0) is 27.4. The highest BCUT2D eigenvalue weighted by Gasteiger charge is 2.15. The van der Waals surface area contributed by atoms with Gasteiger partial charge < -0.3 is 4.90 Å². The minimum absolute atomic E-state index is 1.12. The van der Waals surface area contributed by atoms with Gasteiger partial charge in [-0.25, -0.2) is 0 Å². The summed E-state index contributed by atoms with van der Waals surface area (Å²) in [7, 11) is 0. The second-order valence-corrected chi connectivity index (χ2v) is 10.3. The molecule has 7 rings (SSSR count). The third-order valence-electron chi connectivity index (χ3n) is 7.63. The van der Waals surface area contributed by atoms with E-state index in [1.54, 1.807) is 0 Å². The van der Waals surface area contributed by atoms with Crippen LogP contribution in [0.15, 0.2) is 176 Å². The number of anilines is 3. The Morgan fingerprint density at radius 3 is 1.32 bits per heavy atom. The fourth-order valence-electron chi connectivity index (χ4n) is 5.53. The molecule has 0 aromatic heterocycles. The Hall–Kier alpha value is -5.40. The maximum Gasteiger partial charge on any atom is 0.0467 e. The number of fused-ring (bicyclic) bond motifs is 1. The van der Waals surface area contributed by atoms with Crippen LogP contribution in [0, 0.1) is 0 Å². The van der Waals surface area contributed by atoms with Crippen LogP contribution in [-0.2, 0) is 0 Å². The second kappa shape index (κ2) is 11.0. The number of benzene rings is 7. The van der Waals surface area contributed by atoms with Crippen molar-refractivity contribution in [1.29, 1.82) is 0 Å². The SMILES string of the molecule is c1ccc(-c2ccc(N(c3cccc(-c4ccccc4)c3)c3cccc(-c4ccc5ccccc5c4)c3)cc2)cc1. The Balaban J connectivity index is 1.34. The molecule has 0 N–H and O–H groups in total. The van der Waals surface area contributed by atoms with Gasteiger partial charge in [0.05, 0.1) is 0 Å². The van der Waals surface area contributed by atoms with Crippen LogP contribution in [0.1, 0.15) is 0 Å². The van der Waals surface area contributed by atoms with Crippen molar-refractivity contribution in [3.8, 4) is 33.4 Å². The molecular weight excluding hydrogens is 494 g/mol. The van der Waals surface area contributed by atoms with E-state index in [0.717, 1.165) is 17.1 Å². The molecule has 0 radical (unpaired) electrons. The van der Waals surface area contributed by atoms with Crippen LogP contribution in [0.25, 0.3) is 44.2 Å². The van der Waals surface area contributed by atoms with Gasteiger partial charge in [0.15, 0.2) is 0 Å². The fourth-order valence-corrected chi connectivity index (χ4v) is 5.53. The van der Waals surface area contributed by atoms with E-state index < -0.39 is 0 Å². The van der Waals surface area contributed by atoms with Crippen molar-refractivity contribution >= 4 is 27.8 Å². The molecule has 41 heavy (non-hydrogen) atoms. The molecule has 0 atom stereocenters. The first-order chi connectivity index (χ1) is 20.3. The third kappa shape index (κ3) is 5.14. The maximum absolute atomic E-state index is 2.35. The smallest absolute Gasteiger partial charge is 0.0467 e. The molecule has 0 heterocycles. The Kier molecular flexibility index (Phi) is 6.61. The first-order valence-electron chi connectivity index (χ1n) is 14.0. The van der Waals surface area contributed by atoms with Crippen molar-refractivity contribution < 1.29 is 0 Å². The van der Waals surface area contributed by atoms with Gasteiger partial charge in [-0.15, -0.1) is 0 Å². The summed E-state index contributed by atoms with van der Waals surface area (Å²) in [5, 5.41) is 2.50. The average Bonchev–Trinajstić information content (AvgIpc) is 3.06. The second-order valence-electron chi connectivity index (χ2n) is 10.3. The molecule has 0 amide bonds. The van der Waals surface area contributed by atoms with Gasteiger partial charge in [0.1, 0.15) is 0 Å². The van der Waals surface area contributed by atoms with Crippen LogP contribution in [0.3, 0.4) is 0 Å². The van der Waals surface area contributed by atoms with Crippen LogP contribution in [-0.4, -0.2) is 0 Å². The molecule has 0 saturated carbocycles. The van der Waals surface area contributed by atoms with E-state index in [1.807, 2.05) is 0 Å². The van der Waals surface area contributed by atoms with Gasteiger partial charge >= 0.3 is 0 Å². The standard InChI is InChI=1S/C40H29N/c1-3-11-30(12-4-1)33-23-25-38(26-24-33)41(39-19-9-17-35(28-39)31-13-5-2-6-14-31)40-20-10-18-36(29-40)37-22-21-32-15-7-8-16-34(32)27-37/h1-29H. The summed E-state index contributed by atoms with van der Waals surface area (Å²) in [5.41, 5.74) is 10.6. The van der Waals surface area contributed by atoms with Gasteiger partial charge in [-0.05, 0) is 86.6 Å². The normalized spacial score (nSPS) is 10.9. The molecule has 0 bridgehead atoms. The van der Waals surface area contributed by atoms with Gasteiger partial charge in [-0.1, -0.05) is 133 Å². The lowest BCUT2D eigenvalue weighted by Gasteiger charge is -2.27. The largest absolute Gasteiger partial charge is 0.310 e. The summed E-state index contributed by atoms with van der Waals surface area (Å²) in [6, 6.07) is 62.9. The van der Waals surface area contributed by atoms with Crippen molar-refractivity contribution in [2.45, 2.75) is 0 Å². The lowest BCUT2D eigenvalue weighted by atomic mass is 10.00. The zero-order valence-electron chi connectivity index (χ0n) is 22.7. The van der Waals surface area contributed by atoms with E-state index in [4.69, 9.17) is 0 Å². The topological polar surface area (TPSA) is 3.24 Å². The molecular formula is C40H29N. The summed E-state index contributed by atoms with van der Waals surface area (Å²) in [6.45, 7) is 0. The van der Waals surface area contributed by atoms with Crippen LogP contribution < -0.4 is 4.90 Å². The van der Waals surface area contributed by atoms with E-state index in [-0.39, 0.29) is 0 Å². The Morgan fingerprint density at radius 1 is 0.244 bits per heavy atom. The minimum atomic E-state index is 1.12. The molecule has 7 aromatic carbocycles. The van der Waals surface area contributed by atoms with Gasteiger partial charge in [0, 0.05) is 17.1 Å². The molecule has 0 unspecified atom stereocenters. The first-order valence-corrected chi connectivity index (χ1v) is 14.0. The molecule has 7 aromatic rings. The third-order valence-corrected chi connectivity index (χ3v) is 7.63. The van der Waals surface area contributed by atoms with Crippen LogP contribution in [0.4, 0.5) is 17.1 Å². The van der Waals surface area contributed by atoms with Crippen LogP contribution >= 0.6 is 0 Å². The molecule has 0 spiro atoms. The molecule has 0 aliphatic carbocycles. The van der Waals surface area contributed by atoms with Gasteiger partial charge in [-0.3, -0.25) is 0 Å². The van der Waals surface area contributed by atoms with Gasteiger partial charge in [0.2, 0.25) is 0 Å². The summed E-state index contributed by atoms with van der Waals surface area (Å²) in [4.78, 5) is 2.35. The average molecular weight is 524 g/mol. The quantitative estimate of drug-likeness (QED) is 0.209. The predicted molar refractivity (Wildman–Crippen MR) is 175 cm³/mol. The number of hydrogen-bond acceptors (Lipinski definition) is 1. The summed E-state index contributed by atoms with van der Waals surface area (Å²) in [5.74, 6) is 0. The van der Waals surface area contributed by atoms with Crippen molar-refractivity contribution in [3.05, 3.63) is 176 Å². The fraction of sp³-hybridized carbons (Fsp3) is 0. The monoisotopic (exact) mass is 523 g/mol. The highest BCUT2D eigenvalue weighted by Crippen LogP contribution is 2.39. The molecule has 0 aliphatic heterocycles. The van der Waals surface area contributed by atoms with Gasteiger partial charge in [-0.2, -0.15) is 0 Å². The minimum Gasteiger partial charge on any atom is -0.310 e. The molecule has 194 valence electrons. The number of nitrogens with zero attached hydrogens (tertiary/aromatic N) is 1. The summed E-state index contributed by atoms with van der Waals surface area (Å²) >= 11 is 0. The Labute approximate surface area is 241 Å². The van der Waals surface area contributed by atoms with E-state index in [9.17, 15) is 0 Å². The molecule has 1 nitrogen and oxygen atoms in total. The van der Waals surface area contributed by atoms with Crippen molar-refractivity contribution in [1.82, 2.24) is 0 Å². The van der Waals surface area contributed by atoms with E-state index in [0.29, 0.717) is 0 Å². The first kappa shape index (κ1) is 24.6. The predicted octanol–water partition coefficient (Wildman–Crippen LogP) is 11.3. The lowest BCUT2D eigenvalue weighted by molar-refractivity contribution is 1.28. The number of hydrogen-bond donors (Lipinski definition) is 0. The van der Waals surface area contributed by atoms with Crippen molar-refractivity contribution in [3.63, 3.8) is 0 Å². The molecule has 1 heteroatoms. The summed E-state index contributed by atoms with van der Waals surface area (Å²) < 4.78 is 0. The molecule has 0 saturated heterocycles. The molecule has 0 fully saturated rings. The van der Waals surface area contributed by atoms with E-state index >= 15 is 0 Å². The van der Waals surface area contributed by atoms with Gasteiger partial charge in [0.25, 0.3) is 0 Å². The zero-order valence-corrected chi connectivity index (χ0v) is 22.7. The molecule has 0 aliphatic rings. The highest BCUT2D eigenvalue weighted by molar-refractivity contribution is 5.89. The highest BCUT2D eigenvalue weighted by atomic mass is 15.1. The van der Waals surface area contributed by atoms with E-state index in [1.165, 1.54) is 44.2 Å². The van der Waals surface area contributed by atoms with Crippen LogP contribution in [0.2, 0.25) is 0 Å². The Bertz CT molecular complexity index is 1920. The number of rotatable bonds is 6. The van der Waals surface area contributed by atoms with Crippen LogP contribution in [0.5, 0.6) is 0 Å². The van der Waals surface area contributed by atoms with Crippen molar-refractivity contribution in [2.24, 2.45) is 0 Å². The van der Waals surface area contributed by atoms with E-state index in [2.05, 4.69) is 181 Å². The Morgan fingerprint density at radius 2 is 0.683 bits per heavy atom. The van der Waals surface area contributed by atoms with Crippen molar-refractivity contribution in [2.75, 3.05) is 4.90 Å². The summed E-state index contributed by atoms with van der Waals surface area (Å²) in [6.07, 6.45) is 0. The lowest BCUT2D eigenvalue weighted by Crippen LogP contribution is -2.10.